The standard InChI is InChI=1S/C20H21N3O/c1-15(17-8-4-3-5-9-17)21-14-16-7-6-10-18(13-16)19-11-12-20(24-2)23-22-19/h3-13,15,21H,14H2,1-2H3/t15-/m1/s1. The predicted molar refractivity (Wildman–Crippen MR) is 95.7 cm³/mol. The van der Waals surface area contributed by atoms with Gasteiger partial charge in [-0.15, -0.1) is 10.2 Å². The molecule has 1 atom stereocenters. The molecule has 0 bridgehead atoms. The van der Waals surface area contributed by atoms with Gasteiger partial charge in [-0.25, -0.2) is 0 Å². The summed E-state index contributed by atoms with van der Waals surface area (Å²) in [7, 11) is 1.59. The monoisotopic (exact) mass is 319 g/mol. The summed E-state index contributed by atoms with van der Waals surface area (Å²) in [5.41, 5.74) is 4.40. The molecule has 0 aliphatic rings. The Morgan fingerprint density at radius 3 is 2.50 bits per heavy atom. The molecule has 4 nitrogen and oxygen atoms in total. The highest BCUT2D eigenvalue weighted by molar-refractivity contribution is 5.59. The van der Waals surface area contributed by atoms with Crippen LogP contribution < -0.4 is 10.1 Å². The van der Waals surface area contributed by atoms with Gasteiger partial charge in [0.25, 0.3) is 0 Å². The molecule has 0 saturated carbocycles. The van der Waals surface area contributed by atoms with Crippen molar-refractivity contribution in [2.24, 2.45) is 0 Å². The first-order chi connectivity index (χ1) is 11.8. The van der Waals surface area contributed by atoms with E-state index in [9.17, 15) is 0 Å². The van der Waals surface area contributed by atoms with Crippen LogP contribution in [-0.4, -0.2) is 17.3 Å². The lowest BCUT2D eigenvalue weighted by Crippen LogP contribution is -2.17. The molecule has 1 heterocycles. The van der Waals surface area contributed by atoms with Gasteiger partial charge in [0, 0.05) is 24.2 Å². The van der Waals surface area contributed by atoms with Gasteiger partial charge in [-0.05, 0) is 30.2 Å². The van der Waals surface area contributed by atoms with Crippen molar-refractivity contribution in [3.63, 3.8) is 0 Å². The Bertz CT molecular complexity index is 772. The van der Waals surface area contributed by atoms with E-state index in [-0.39, 0.29) is 0 Å². The second-order valence-electron chi connectivity index (χ2n) is 5.67. The maximum atomic E-state index is 5.05. The minimum atomic E-state index is 0.302. The highest BCUT2D eigenvalue weighted by atomic mass is 16.5. The summed E-state index contributed by atoms with van der Waals surface area (Å²) in [6, 6.07) is 22.8. The van der Waals surface area contributed by atoms with Crippen LogP contribution >= 0.6 is 0 Å². The van der Waals surface area contributed by atoms with Crippen LogP contribution in [0.15, 0.2) is 66.7 Å². The summed E-state index contributed by atoms with van der Waals surface area (Å²) in [6.45, 7) is 2.97. The van der Waals surface area contributed by atoms with Crippen LogP contribution in [0.5, 0.6) is 5.88 Å². The molecule has 0 saturated heterocycles. The highest BCUT2D eigenvalue weighted by Crippen LogP contribution is 2.20. The van der Waals surface area contributed by atoms with Crippen LogP contribution in [0.2, 0.25) is 0 Å². The van der Waals surface area contributed by atoms with E-state index < -0.39 is 0 Å². The second kappa shape index (κ2) is 7.70. The van der Waals surface area contributed by atoms with Crippen molar-refractivity contribution in [2.45, 2.75) is 19.5 Å². The van der Waals surface area contributed by atoms with Crippen LogP contribution in [-0.2, 0) is 6.54 Å². The molecule has 1 aromatic heterocycles. The number of methoxy groups -OCH3 is 1. The van der Waals surface area contributed by atoms with Crippen LogP contribution in [0.4, 0.5) is 0 Å². The van der Waals surface area contributed by atoms with E-state index in [1.54, 1.807) is 7.11 Å². The van der Waals surface area contributed by atoms with Crippen molar-refractivity contribution in [1.29, 1.82) is 0 Å². The second-order valence-corrected chi connectivity index (χ2v) is 5.67. The van der Waals surface area contributed by atoms with Gasteiger partial charge in [-0.3, -0.25) is 0 Å². The Morgan fingerprint density at radius 2 is 1.79 bits per heavy atom. The average Bonchev–Trinajstić information content (AvgIpc) is 2.67. The minimum Gasteiger partial charge on any atom is -0.480 e. The fraction of sp³-hybridized carbons (Fsp3) is 0.200. The third-order valence-corrected chi connectivity index (χ3v) is 3.98. The Balaban J connectivity index is 1.68. The number of nitrogens with one attached hydrogen (secondary N) is 1. The number of benzene rings is 2. The quantitative estimate of drug-likeness (QED) is 0.746. The van der Waals surface area contributed by atoms with Crippen LogP contribution in [0.1, 0.15) is 24.1 Å². The first-order valence-corrected chi connectivity index (χ1v) is 8.01. The van der Waals surface area contributed by atoms with Gasteiger partial charge in [0.2, 0.25) is 5.88 Å². The molecule has 0 aliphatic carbocycles. The largest absolute Gasteiger partial charge is 0.480 e. The summed E-state index contributed by atoms with van der Waals surface area (Å²) >= 11 is 0. The normalized spacial score (nSPS) is 11.9. The van der Waals surface area contributed by atoms with E-state index in [0.29, 0.717) is 11.9 Å². The minimum absolute atomic E-state index is 0.302. The third-order valence-electron chi connectivity index (χ3n) is 3.98. The van der Waals surface area contributed by atoms with Gasteiger partial charge in [-0.1, -0.05) is 48.5 Å². The van der Waals surface area contributed by atoms with Gasteiger partial charge < -0.3 is 10.1 Å². The number of ether oxygens (including phenoxy) is 1. The molecule has 4 heteroatoms. The lowest BCUT2D eigenvalue weighted by atomic mass is 10.1. The van der Waals surface area contributed by atoms with Crippen LogP contribution in [0, 0.1) is 0 Å². The molecule has 0 amide bonds. The zero-order valence-electron chi connectivity index (χ0n) is 13.9. The molecule has 0 unspecified atom stereocenters. The highest BCUT2D eigenvalue weighted by Gasteiger charge is 2.06. The topological polar surface area (TPSA) is 47.0 Å². The van der Waals surface area contributed by atoms with Crippen molar-refractivity contribution >= 4 is 0 Å². The predicted octanol–water partition coefficient (Wildman–Crippen LogP) is 4.00. The number of rotatable bonds is 6. The Labute approximate surface area is 142 Å². The van der Waals surface area contributed by atoms with Crippen molar-refractivity contribution < 1.29 is 4.74 Å². The molecule has 0 fully saturated rings. The molecule has 3 rings (SSSR count). The third kappa shape index (κ3) is 3.97. The van der Waals surface area contributed by atoms with Crippen LogP contribution in [0.3, 0.4) is 0 Å². The van der Waals surface area contributed by atoms with E-state index in [1.807, 2.05) is 30.3 Å². The average molecular weight is 319 g/mol. The molecule has 0 spiro atoms. The van der Waals surface area contributed by atoms with Crippen LogP contribution in [0.25, 0.3) is 11.3 Å². The van der Waals surface area contributed by atoms with Crippen molar-refractivity contribution in [1.82, 2.24) is 15.5 Å². The first-order valence-electron chi connectivity index (χ1n) is 8.01. The van der Waals surface area contributed by atoms with Gasteiger partial charge in [0.15, 0.2) is 0 Å². The van der Waals surface area contributed by atoms with Crippen molar-refractivity contribution in [3.05, 3.63) is 77.9 Å². The maximum Gasteiger partial charge on any atom is 0.233 e. The summed E-state index contributed by atoms with van der Waals surface area (Å²) in [5, 5.41) is 11.8. The zero-order valence-corrected chi connectivity index (χ0v) is 13.9. The maximum absolute atomic E-state index is 5.05. The number of aromatic nitrogens is 2. The number of hydrogen-bond acceptors (Lipinski definition) is 4. The SMILES string of the molecule is COc1ccc(-c2cccc(CN[C@H](C)c3ccccc3)c2)nn1. The van der Waals surface area contributed by atoms with E-state index in [1.165, 1.54) is 11.1 Å². The number of nitrogens with zero attached hydrogens (tertiary/aromatic N) is 2. The summed E-state index contributed by atoms with van der Waals surface area (Å²) in [4.78, 5) is 0. The Hall–Kier alpha value is -2.72. The fourth-order valence-electron chi connectivity index (χ4n) is 2.55. The van der Waals surface area contributed by atoms with Gasteiger partial charge in [-0.2, -0.15) is 0 Å². The molecule has 3 aromatic rings. The fourth-order valence-corrected chi connectivity index (χ4v) is 2.55. The lowest BCUT2D eigenvalue weighted by molar-refractivity contribution is 0.392. The van der Waals surface area contributed by atoms with E-state index in [0.717, 1.165) is 17.8 Å². The Morgan fingerprint density at radius 1 is 0.958 bits per heavy atom. The summed E-state index contributed by atoms with van der Waals surface area (Å²) in [5.74, 6) is 0.522. The van der Waals surface area contributed by atoms with Crippen molar-refractivity contribution in [3.8, 4) is 17.1 Å². The smallest absolute Gasteiger partial charge is 0.233 e. The molecule has 2 aromatic carbocycles. The first kappa shape index (κ1) is 16.1. The summed E-state index contributed by atoms with van der Waals surface area (Å²) < 4.78 is 5.05. The molecule has 0 aliphatic heterocycles. The molecule has 24 heavy (non-hydrogen) atoms. The van der Waals surface area contributed by atoms with E-state index >= 15 is 0 Å². The Kier molecular flexibility index (Phi) is 5.18. The van der Waals surface area contributed by atoms with E-state index in [2.05, 4.69) is 58.8 Å². The van der Waals surface area contributed by atoms with Gasteiger partial charge >= 0.3 is 0 Å². The molecule has 1 N–H and O–H groups in total. The number of hydrogen-bond donors (Lipinski definition) is 1. The molecular weight excluding hydrogens is 298 g/mol. The van der Waals surface area contributed by atoms with E-state index in [4.69, 9.17) is 4.74 Å². The molecular formula is C20H21N3O. The summed E-state index contributed by atoms with van der Waals surface area (Å²) in [6.07, 6.45) is 0. The lowest BCUT2D eigenvalue weighted by Gasteiger charge is -2.14. The van der Waals surface area contributed by atoms with Crippen molar-refractivity contribution in [2.75, 3.05) is 7.11 Å². The molecule has 122 valence electrons. The van der Waals surface area contributed by atoms with Gasteiger partial charge in [0.05, 0.1) is 12.8 Å². The zero-order chi connectivity index (χ0) is 16.8. The van der Waals surface area contributed by atoms with Gasteiger partial charge in [0.1, 0.15) is 0 Å². The molecule has 0 radical (unpaired) electrons.